The summed E-state index contributed by atoms with van der Waals surface area (Å²) in [6.07, 6.45) is 0. The van der Waals surface area contributed by atoms with E-state index in [2.05, 4.69) is 16.2 Å². The zero-order chi connectivity index (χ0) is 19.4. The van der Waals surface area contributed by atoms with Gasteiger partial charge in [-0.3, -0.25) is 10.2 Å². The fourth-order valence-electron chi connectivity index (χ4n) is 3.37. The predicted molar refractivity (Wildman–Crippen MR) is 99.6 cm³/mol. The van der Waals surface area contributed by atoms with Crippen molar-refractivity contribution >= 4 is 5.91 Å². The van der Waals surface area contributed by atoms with Gasteiger partial charge < -0.3 is 10.2 Å². The van der Waals surface area contributed by atoms with Crippen molar-refractivity contribution in [3.05, 3.63) is 71.3 Å². The number of carbonyl (C=O) groups excluding carboxylic acids is 1. The molecule has 0 radical (unpaired) electrons. The zero-order valence-corrected chi connectivity index (χ0v) is 15.4. The maximum Gasteiger partial charge on any atom is 0.226 e. The lowest BCUT2D eigenvalue weighted by Crippen LogP contribution is -2.40. The highest BCUT2D eigenvalue weighted by atomic mass is 19.1. The van der Waals surface area contributed by atoms with E-state index in [4.69, 9.17) is 0 Å². The van der Waals surface area contributed by atoms with Crippen molar-refractivity contribution in [1.82, 2.24) is 21.1 Å². The molecule has 0 spiro atoms. The van der Waals surface area contributed by atoms with Gasteiger partial charge in [0, 0.05) is 13.1 Å². The van der Waals surface area contributed by atoms with Crippen molar-refractivity contribution in [2.45, 2.75) is 12.1 Å². The number of nitrogens with one attached hydrogen (secondary N) is 3. The van der Waals surface area contributed by atoms with Gasteiger partial charge in [-0.25, -0.2) is 14.2 Å². The van der Waals surface area contributed by atoms with E-state index in [1.165, 1.54) is 24.3 Å². The third-order valence-electron chi connectivity index (χ3n) is 4.87. The largest absolute Gasteiger partial charge is 0.354 e. The molecule has 144 valence electrons. The highest BCUT2D eigenvalue weighted by Gasteiger charge is 2.34. The maximum absolute atomic E-state index is 13.6. The normalized spacial score (nSPS) is 20.6. The number of halogens is 2. The number of carbonyl (C=O) groups is 1. The lowest BCUT2D eigenvalue weighted by molar-refractivity contribution is -0.125. The molecule has 27 heavy (non-hydrogen) atoms. The van der Waals surface area contributed by atoms with Gasteiger partial charge in [-0.1, -0.05) is 24.3 Å². The van der Waals surface area contributed by atoms with Gasteiger partial charge in [0.25, 0.3) is 0 Å². The van der Waals surface area contributed by atoms with Crippen molar-refractivity contribution in [1.29, 1.82) is 0 Å². The Morgan fingerprint density at radius 1 is 1.19 bits per heavy atom. The third-order valence-corrected chi connectivity index (χ3v) is 4.87. The molecule has 0 bridgehead atoms. The average Bonchev–Trinajstić information content (AvgIpc) is 3.12. The number of nitrogens with zero attached hydrogens (tertiary/aromatic N) is 1. The SMILES string of the molecule is CN(C)C(CNC(=O)C1CNNC1c1ccc(F)cc1)c1cccc(F)c1. The van der Waals surface area contributed by atoms with Crippen molar-refractivity contribution in [2.24, 2.45) is 5.92 Å². The Morgan fingerprint density at radius 3 is 2.59 bits per heavy atom. The minimum absolute atomic E-state index is 0.106. The first-order valence-corrected chi connectivity index (χ1v) is 8.89. The lowest BCUT2D eigenvalue weighted by atomic mass is 9.94. The predicted octanol–water partition coefficient (Wildman–Crippen LogP) is 2.15. The third kappa shape index (κ3) is 4.68. The number of benzene rings is 2. The zero-order valence-electron chi connectivity index (χ0n) is 15.4. The molecule has 3 unspecified atom stereocenters. The maximum atomic E-state index is 13.6. The van der Waals surface area contributed by atoms with Crippen LogP contribution in [0.3, 0.4) is 0 Å². The number of amides is 1. The van der Waals surface area contributed by atoms with E-state index in [-0.39, 0.29) is 35.5 Å². The van der Waals surface area contributed by atoms with Crippen molar-refractivity contribution < 1.29 is 13.6 Å². The fourth-order valence-corrected chi connectivity index (χ4v) is 3.37. The monoisotopic (exact) mass is 374 g/mol. The van der Waals surface area contributed by atoms with E-state index >= 15 is 0 Å². The number of likely N-dealkylation sites (N-methyl/N-ethyl adjacent to an activating group) is 1. The van der Waals surface area contributed by atoms with Crippen LogP contribution in [0.1, 0.15) is 23.2 Å². The molecule has 1 heterocycles. The summed E-state index contributed by atoms with van der Waals surface area (Å²) in [7, 11) is 3.78. The van der Waals surface area contributed by atoms with Gasteiger partial charge in [0.05, 0.1) is 18.0 Å². The van der Waals surface area contributed by atoms with Crippen LogP contribution in [-0.2, 0) is 4.79 Å². The molecule has 1 aliphatic rings. The van der Waals surface area contributed by atoms with Gasteiger partial charge in [0.1, 0.15) is 11.6 Å². The molecule has 2 aromatic rings. The molecule has 0 saturated carbocycles. The molecule has 0 aliphatic carbocycles. The fraction of sp³-hybridized carbons (Fsp3) is 0.350. The second-order valence-corrected chi connectivity index (χ2v) is 6.94. The first-order chi connectivity index (χ1) is 13.0. The molecule has 1 fully saturated rings. The number of hydrogen-bond donors (Lipinski definition) is 3. The summed E-state index contributed by atoms with van der Waals surface area (Å²) in [5.41, 5.74) is 7.73. The van der Waals surface area contributed by atoms with Crippen LogP contribution in [0.5, 0.6) is 0 Å². The number of hydrogen-bond acceptors (Lipinski definition) is 4. The van der Waals surface area contributed by atoms with E-state index < -0.39 is 0 Å². The summed E-state index contributed by atoms with van der Waals surface area (Å²) in [5.74, 6) is -1.04. The molecule has 0 aromatic heterocycles. The molecular weight excluding hydrogens is 350 g/mol. The molecule has 1 amide bonds. The van der Waals surface area contributed by atoms with Crippen LogP contribution in [0, 0.1) is 17.6 Å². The number of hydrazine groups is 1. The molecule has 7 heteroatoms. The average molecular weight is 374 g/mol. The van der Waals surface area contributed by atoms with Gasteiger partial charge in [-0.05, 0) is 49.5 Å². The van der Waals surface area contributed by atoms with E-state index in [0.717, 1.165) is 11.1 Å². The Hall–Kier alpha value is -2.35. The Bertz CT molecular complexity index is 782. The van der Waals surface area contributed by atoms with Gasteiger partial charge in [-0.2, -0.15) is 0 Å². The smallest absolute Gasteiger partial charge is 0.226 e. The summed E-state index contributed by atoms with van der Waals surface area (Å²) >= 11 is 0. The molecule has 3 N–H and O–H groups in total. The number of rotatable bonds is 6. The van der Waals surface area contributed by atoms with Crippen LogP contribution < -0.4 is 16.2 Å². The lowest BCUT2D eigenvalue weighted by Gasteiger charge is -2.26. The quantitative estimate of drug-likeness (QED) is 0.725. The second-order valence-electron chi connectivity index (χ2n) is 6.94. The highest BCUT2D eigenvalue weighted by molar-refractivity contribution is 5.80. The second kappa shape index (κ2) is 8.56. The minimum atomic E-state index is -0.328. The van der Waals surface area contributed by atoms with Gasteiger partial charge in [0.2, 0.25) is 5.91 Å². The first-order valence-electron chi connectivity index (χ1n) is 8.89. The van der Waals surface area contributed by atoms with Crippen molar-refractivity contribution in [3.8, 4) is 0 Å². The molecule has 2 aromatic carbocycles. The molecule has 5 nitrogen and oxygen atoms in total. The summed E-state index contributed by atoms with van der Waals surface area (Å²) in [4.78, 5) is 14.7. The Balaban J connectivity index is 1.67. The molecule has 1 aliphatic heterocycles. The topological polar surface area (TPSA) is 56.4 Å². The summed E-state index contributed by atoms with van der Waals surface area (Å²) in [6, 6.07) is 12.1. The summed E-state index contributed by atoms with van der Waals surface area (Å²) in [6.45, 7) is 0.836. The van der Waals surface area contributed by atoms with Crippen molar-refractivity contribution in [2.75, 3.05) is 27.2 Å². The summed E-state index contributed by atoms with van der Waals surface area (Å²) in [5, 5.41) is 2.98. The van der Waals surface area contributed by atoms with E-state index in [9.17, 15) is 13.6 Å². The molecule has 3 rings (SSSR count). The Morgan fingerprint density at radius 2 is 1.93 bits per heavy atom. The van der Waals surface area contributed by atoms with Crippen LogP contribution in [-0.4, -0.2) is 38.0 Å². The molecule has 1 saturated heterocycles. The highest BCUT2D eigenvalue weighted by Crippen LogP contribution is 2.26. The minimum Gasteiger partial charge on any atom is -0.354 e. The van der Waals surface area contributed by atoms with Crippen LogP contribution in [0.15, 0.2) is 48.5 Å². The van der Waals surface area contributed by atoms with E-state index in [1.807, 2.05) is 25.1 Å². The standard InChI is InChI=1S/C20H24F2N4O/c1-26(2)18(14-4-3-5-16(22)10-14)12-23-20(27)17-11-24-25-19(17)13-6-8-15(21)9-7-13/h3-10,17-19,24-25H,11-12H2,1-2H3,(H,23,27). The van der Waals surface area contributed by atoms with Gasteiger partial charge in [-0.15, -0.1) is 0 Å². The van der Waals surface area contributed by atoms with E-state index in [1.54, 1.807) is 18.2 Å². The first kappa shape index (κ1) is 19.4. The Kier molecular flexibility index (Phi) is 6.15. The van der Waals surface area contributed by atoms with Crippen LogP contribution >= 0.6 is 0 Å². The van der Waals surface area contributed by atoms with Gasteiger partial charge >= 0.3 is 0 Å². The Labute approximate surface area is 157 Å². The molecule has 3 atom stereocenters. The van der Waals surface area contributed by atoms with Crippen molar-refractivity contribution in [3.63, 3.8) is 0 Å². The van der Waals surface area contributed by atoms with E-state index in [0.29, 0.717) is 13.1 Å². The molecular formula is C20H24F2N4O. The van der Waals surface area contributed by atoms with Crippen LogP contribution in [0.2, 0.25) is 0 Å². The van der Waals surface area contributed by atoms with Gasteiger partial charge in [0.15, 0.2) is 0 Å². The van der Waals surface area contributed by atoms with Crippen LogP contribution in [0.25, 0.3) is 0 Å². The van der Waals surface area contributed by atoms with Crippen LogP contribution in [0.4, 0.5) is 8.78 Å². The summed E-state index contributed by atoms with van der Waals surface area (Å²) < 4.78 is 26.7.